The summed E-state index contributed by atoms with van der Waals surface area (Å²) >= 11 is 0. The van der Waals surface area contributed by atoms with E-state index < -0.39 is 16.6 Å². The minimum absolute atomic E-state index is 0.220. The number of fused-ring (bicyclic) bond motifs is 1. The molecule has 3 heterocycles. The summed E-state index contributed by atoms with van der Waals surface area (Å²) in [6.45, 7) is 6.14. The zero-order valence-corrected chi connectivity index (χ0v) is 11.9. The molecule has 0 aromatic carbocycles. The lowest BCUT2D eigenvalue weighted by molar-refractivity contribution is -0.198. The number of hydrogen-bond donors (Lipinski definition) is 0. The number of cyclic esters (lactones) is 1. The molecule has 1 saturated carbocycles. The van der Waals surface area contributed by atoms with Gasteiger partial charge in [-0.05, 0) is 26.7 Å². The van der Waals surface area contributed by atoms with Gasteiger partial charge in [0, 0.05) is 5.92 Å². The van der Waals surface area contributed by atoms with E-state index in [0.717, 1.165) is 12.8 Å². The number of rotatable bonds is 0. The molecular formula is C15H18O5. The third-order valence-electron chi connectivity index (χ3n) is 5.93. The Labute approximate surface area is 117 Å². The standard InChI is InChI=1S/C15H18O5/c1-8-4-5-15-13(3)7-18-12(17)11(13)9(2)19-14(8,15)6-10(16)20-15/h8H,4-7H2,1-3H3/t8-,13-,14+,15-/m1/s1. The zero-order chi connectivity index (χ0) is 14.3. The maximum Gasteiger partial charge on any atom is 0.338 e. The average molecular weight is 278 g/mol. The fraction of sp³-hybridized carbons (Fsp3) is 0.733. The van der Waals surface area contributed by atoms with Crippen molar-refractivity contribution >= 4 is 11.9 Å². The first-order chi connectivity index (χ1) is 9.36. The van der Waals surface area contributed by atoms with Gasteiger partial charge >= 0.3 is 11.9 Å². The SMILES string of the molecule is CC1=C2C(=O)OC[C@@]2(C)[C@]23CC[C@@H](C)[C@]2(CC(=O)O3)O1. The highest BCUT2D eigenvalue weighted by Gasteiger charge is 2.79. The Bertz CT molecular complexity index is 579. The summed E-state index contributed by atoms with van der Waals surface area (Å²) in [5.74, 6) is 0.248. The molecule has 0 radical (unpaired) electrons. The van der Waals surface area contributed by atoms with Crippen LogP contribution in [0.2, 0.25) is 0 Å². The number of allylic oxidation sites excluding steroid dienone is 1. The molecule has 0 spiro atoms. The van der Waals surface area contributed by atoms with Gasteiger partial charge in [-0.2, -0.15) is 0 Å². The summed E-state index contributed by atoms with van der Waals surface area (Å²) in [7, 11) is 0. The first kappa shape index (κ1) is 12.2. The highest BCUT2D eigenvalue weighted by molar-refractivity contribution is 5.94. The molecule has 5 nitrogen and oxygen atoms in total. The van der Waals surface area contributed by atoms with Crippen LogP contribution in [0.5, 0.6) is 0 Å². The molecule has 108 valence electrons. The van der Waals surface area contributed by atoms with Gasteiger partial charge in [0.2, 0.25) is 0 Å². The first-order valence-corrected chi connectivity index (χ1v) is 7.16. The molecule has 20 heavy (non-hydrogen) atoms. The van der Waals surface area contributed by atoms with Gasteiger partial charge in [-0.3, -0.25) is 4.79 Å². The number of carbonyl (C=O) groups is 2. The third-order valence-corrected chi connectivity index (χ3v) is 5.93. The predicted molar refractivity (Wildman–Crippen MR) is 67.4 cm³/mol. The van der Waals surface area contributed by atoms with Crippen LogP contribution >= 0.6 is 0 Å². The molecule has 0 aromatic heterocycles. The minimum Gasteiger partial charge on any atom is -0.486 e. The monoisotopic (exact) mass is 278 g/mol. The molecule has 4 atom stereocenters. The molecule has 0 N–H and O–H groups in total. The topological polar surface area (TPSA) is 61.8 Å². The van der Waals surface area contributed by atoms with Gasteiger partial charge < -0.3 is 14.2 Å². The van der Waals surface area contributed by atoms with E-state index >= 15 is 0 Å². The van der Waals surface area contributed by atoms with E-state index in [9.17, 15) is 9.59 Å². The average Bonchev–Trinajstić information content (AvgIpc) is 2.92. The largest absolute Gasteiger partial charge is 0.486 e. The molecule has 0 bridgehead atoms. The highest BCUT2D eigenvalue weighted by Crippen LogP contribution is 2.68. The number of carbonyl (C=O) groups excluding carboxylic acids is 2. The van der Waals surface area contributed by atoms with Gasteiger partial charge in [-0.25, -0.2) is 4.79 Å². The van der Waals surface area contributed by atoms with E-state index in [2.05, 4.69) is 6.92 Å². The van der Waals surface area contributed by atoms with E-state index in [1.54, 1.807) is 6.92 Å². The van der Waals surface area contributed by atoms with E-state index in [1.165, 1.54) is 0 Å². The van der Waals surface area contributed by atoms with Crippen LogP contribution in [0.4, 0.5) is 0 Å². The van der Waals surface area contributed by atoms with Crippen LogP contribution in [0.15, 0.2) is 11.3 Å². The quantitative estimate of drug-likeness (QED) is 0.631. The van der Waals surface area contributed by atoms with Crippen LogP contribution in [0.3, 0.4) is 0 Å². The second-order valence-corrected chi connectivity index (χ2v) is 6.75. The third kappa shape index (κ3) is 0.980. The first-order valence-electron chi connectivity index (χ1n) is 7.16. The van der Waals surface area contributed by atoms with Gasteiger partial charge in [-0.15, -0.1) is 0 Å². The maximum absolute atomic E-state index is 12.1. The Morgan fingerprint density at radius 2 is 2.00 bits per heavy atom. The number of ether oxygens (including phenoxy) is 3. The van der Waals surface area contributed by atoms with Crippen molar-refractivity contribution in [1.29, 1.82) is 0 Å². The molecule has 3 aliphatic heterocycles. The minimum atomic E-state index is -0.752. The van der Waals surface area contributed by atoms with Crippen LogP contribution in [-0.4, -0.2) is 29.7 Å². The summed E-state index contributed by atoms with van der Waals surface area (Å²) in [4.78, 5) is 24.1. The van der Waals surface area contributed by atoms with E-state index in [0.29, 0.717) is 11.3 Å². The molecule has 0 aromatic rings. The summed E-state index contributed by atoms with van der Waals surface area (Å²) in [5, 5.41) is 0. The van der Waals surface area contributed by atoms with E-state index in [-0.39, 0.29) is 30.9 Å². The zero-order valence-electron chi connectivity index (χ0n) is 11.9. The van der Waals surface area contributed by atoms with Crippen molar-refractivity contribution < 1.29 is 23.8 Å². The Morgan fingerprint density at radius 1 is 1.25 bits per heavy atom. The molecule has 2 saturated heterocycles. The molecule has 5 heteroatoms. The van der Waals surface area contributed by atoms with Crippen LogP contribution in [0.1, 0.15) is 40.0 Å². The molecule has 0 amide bonds. The van der Waals surface area contributed by atoms with Crippen LogP contribution in [0.25, 0.3) is 0 Å². The highest BCUT2D eigenvalue weighted by atomic mass is 16.6. The molecular weight excluding hydrogens is 260 g/mol. The van der Waals surface area contributed by atoms with Crippen molar-refractivity contribution in [3.63, 3.8) is 0 Å². The van der Waals surface area contributed by atoms with Gasteiger partial charge in [0.05, 0.1) is 17.4 Å². The Hall–Kier alpha value is -1.52. The second kappa shape index (κ2) is 3.21. The summed E-state index contributed by atoms with van der Waals surface area (Å²) in [6.07, 6.45) is 1.92. The van der Waals surface area contributed by atoms with Crippen molar-refractivity contribution in [2.75, 3.05) is 6.61 Å². The molecule has 4 rings (SSSR count). The number of esters is 2. The van der Waals surface area contributed by atoms with Gasteiger partial charge in [0.25, 0.3) is 0 Å². The summed E-state index contributed by atoms with van der Waals surface area (Å²) < 4.78 is 17.3. The second-order valence-electron chi connectivity index (χ2n) is 6.75. The summed E-state index contributed by atoms with van der Waals surface area (Å²) in [5.41, 5.74) is -1.43. The lowest BCUT2D eigenvalue weighted by atomic mass is 9.60. The Morgan fingerprint density at radius 3 is 2.75 bits per heavy atom. The van der Waals surface area contributed by atoms with Crippen molar-refractivity contribution in [3.8, 4) is 0 Å². The van der Waals surface area contributed by atoms with Gasteiger partial charge in [0.1, 0.15) is 12.4 Å². The maximum atomic E-state index is 12.1. The summed E-state index contributed by atoms with van der Waals surface area (Å²) in [6, 6.07) is 0. The Balaban J connectivity index is 2.01. The Kier molecular flexibility index (Phi) is 1.96. The lowest BCUT2D eigenvalue weighted by Gasteiger charge is -2.52. The van der Waals surface area contributed by atoms with E-state index in [1.807, 2.05) is 6.92 Å². The van der Waals surface area contributed by atoms with Crippen molar-refractivity contribution in [2.45, 2.75) is 51.2 Å². The van der Waals surface area contributed by atoms with Crippen molar-refractivity contribution in [2.24, 2.45) is 11.3 Å². The smallest absolute Gasteiger partial charge is 0.338 e. The normalized spacial score (nSPS) is 49.2. The van der Waals surface area contributed by atoms with Crippen LogP contribution in [0, 0.1) is 11.3 Å². The van der Waals surface area contributed by atoms with Crippen molar-refractivity contribution in [1.82, 2.24) is 0 Å². The van der Waals surface area contributed by atoms with E-state index in [4.69, 9.17) is 14.2 Å². The fourth-order valence-electron chi connectivity index (χ4n) is 4.99. The van der Waals surface area contributed by atoms with Crippen molar-refractivity contribution in [3.05, 3.63) is 11.3 Å². The van der Waals surface area contributed by atoms with Gasteiger partial charge in [0.15, 0.2) is 11.2 Å². The predicted octanol–water partition coefficient (Wildman–Crippen LogP) is 1.71. The molecule has 1 aliphatic carbocycles. The fourth-order valence-corrected chi connectivity index (χ4v) is 4.99. The molecule has 3 fully saturated rings. The van der Waals surface area contributed by atoms with Crippen LogP contribution < -0.4 is 0 Å². The molecule has 4 aliphatic rings. The van der Waals surface area contributed by atoms with Crippen LogP contribution in [-0.2, 0) is 23.8 Å². The molecule has 0 unspecified atom stereocenters. The lowest BCUT2D eigenvalue weighted by Crippen LogP contribution is -2.63. The number of hydrogen-bond acceptors (Lipinski definition) is 5. The van der Waals surface area contributed by atoms with Gasteiger partial charge in [-0.1, -0.05) is 6.92 Å².